The Morgan fingerprint density at radius 1 is 1.13 bits per heavy atom. The average Bonchev–Trinajstić information content (AvgIpc) is 3.40. The van der Waals surface area contributed by atoms with Crippen LogP contribution in [0.4, 0.5) is 16.5 Å². The molecule has 3 heterocycles. The van der Waals surface area contributed by atoms with E-state index in [-0.39, 0.29) is 17.2 Å². The summed E-state index contributed by atoms with van der Waals surface area (Å²) in [6, 6.07) is 8.46. The van der Waals surface area contributed by atoms with Gasteiger partial charge in [0.05, 0.1) is 46.6 Å². The van der Waals surface area contributed by atoms with Crippen molar-refractivity contribution < 1.29 is 19.2 Å². The molecule has 0 saturated carbocycles. The zero-order valence-electron chi connectivity index (χ0n) is 21.2. The molecule has 2 saturated heterocycles. The summed E-state index contributed by atoms with van der Waals surface area (Å²) in [5, 5.41) is 13.1. The van der Waals surface area contributed by atoms with Crippen molar-refractivity contribution in [3.8, 4) is 0 Å². The number of nitrogens with zero attached hydrogens (tertiary/aromatic N) is 5. The molecule has 202 valence electrons. The molecule has 12 heteroatoms. The van der Waals surface area contributed by atoms with Crippen molar-refractivity contribution in [2.75, 3.05) is 75.5 Å². The number of carbonyl (C=O) groups excluding carboxylic acids is 1. The number of amides is 1. The lowest BCUT2D eigenvalue weighted by atomic mass is 10.1. The maximum atomic E-state index is 13.9. The molecule has 3 aromatic rings. The summed E-state index contributed by atoms with van der Waals surface area (Å²) < 4.78 is 11.6. The van der Waals surface area contributed by atoms with E-state index in [0.29, 0.717) is 61.9 Å². The highest BCUT2D eigenvalue weighted by molar-refractivity contribution is 7.23. The van der Waals surface area contributed by atoms with E-state index in [2.05, 4.69) is 4.90 Å². The second kappa shape index (κ2) is 11.9. The van der Waals surface area contributed by atoms with Crippen molar-refractivity contribution in [2.45, 2.75) is 13.3 Å². The first-order chi connectivity index (χ1) is 18.4. The lowest BCUT2D eigenvalue weighted by molar-refractivity contribution is -0.384. The fourth-order valence-corrected chi connectivity index (χ4v) is 6.14. The number of aromatic nitrogens is 1. The van der Waals surface area contributed by atoms with E-state index in [0.717, 1.165) is 41.8 Å². The summed E-state index contributed by atoms with van der Waals surface area (Å²) in [5.74, 6) is -0.323. The molecular weight excluding hydrogens is 530 g/mol. The molecule has 2 aromatic carbocycles. The number of nitro groups is 1. The Morgan fingerprint density at radius 2 is 1.84 bits per heavy atom. The number of aryl methyl sites for hydroxylation is 1. The van der Waals surface area contributed by atoms with E-state index < -0.39 is 4.92 Å². The first-order valence-corrected chi connectivity index (χ1v) is 13.9. The molecular formula is C26H30ClN5O5S. The van der Waals surface area contributed by atoms with Crippen LogP contribution >= 0.6 is 22.9 Å². The second-order valence-electron chi connectivity index (χ2n) is 9.36. The predicted molar refractivity (Wildman–Crippen MR) is 149 cm³/mol. The first-order valence-electron chi connectivity index (χ1n) is 12.7. The summed E-state index contributed by atoms with van der Waals surface area (Å²) in [7, 11) is 0. The standard InChI is InChI=1S/C26H30ClN5O5S/c1-18-3-5-20(27)24-23(18)28-26(38-24)31(8-2-7-29-9-13-36-14-10-29)25(33)19-4-6-21(22(17-19)32(34)35)30-11-15-37-16-12-30/h3-6,17H,2,7-16H2,1H3. The molecule has 0 aliphatic carbocycles. The minimum atomic E-state index is -0.425. The lowest BCUT2D eigenvalue weighted by Gasteiger charge is -2.29. The number of anilines is 2. The Balaban J connectivity index is 1.46. The maximum absolute atomic E-state index is 13.9. The third kappa shape index (κ3) is 5.76. The lowest BCUT2D eigenvalue weighted by Crippen LogP contribution is -2.39. The maximum Gasteiger partial charge on any atom is 0.293 e. The number of benzene rings is 2. The van der Waals surface area contributed by atoms with E-state index >= 15 is 0 Å². The molecule has 5 rings (SSSR count). The van der Waals surface area contributed by atoms with Crippen LogP contribution in [0, 0.1) is 17.0 Å². The number of rotatable bonds is 8. The van der Waals surface area contributed by atoms with Gasteiger partial charge in [-0.25, -0.2) is 4.98 Å². The summed E-state index contributed by atoms with van der Waals surface area (Å²) in [5.41, 5.74) is 2.39. The number of ether oxygens (including phenoxy) is 2. The Kier molecular flexibility index (Phi) is 8.39. The molecule has 2 fully saturated rings. The van der Waals surface area contributed by atoms with Crippen LogP contribution in [-0.4, -0.2) is 86.4 Å². The number of morpholine rings is 2. The van der Waals surface area contributed by atoms with Crippen LogP contribution in [0.1, 0.15) is 22.3 Å². The van der Waals surface area contributed by atoms with Crippen LogP contribution in [0.25, 0.3) is 10.2 Å². The summed E-state index contributed by atoms with van der Waals surface area (Å²) in [6.45, 7) is 8.47. The van der Waals surface area contributed by atoms with Crippen LogP contribution in [0.2, 0.25) is 5.02 Å². The Morgan fingerprint density at radius 3 is 2.53 bits per heavy atom. The molecule has 0 N–H and O–H groups in total. The van der Waals surface area contributed by atoms with Gasteiger partial charge in [0.2, 0.25) is 0 Å². The summed E-state index contributed by atoms with van der Waals surface area (Å²) >= 11 is 7.82. The van der Waals surface area contributed by atoms with Gasteiger partial charge < -0.3 is 14.4 Å². The topological polar surface area (TPSA) is 101 Å². The number of hydrogen-bond donors (Lipinski definition) is 0. The minimum absolute atomic E-state index is 0.0887. The quantitative estimate of drug-likeness (QED) is 0.296. The van der Waals surface area contributed by atoms with Gasteiger partial charge in [0.1, 0.15) is 5.69 Å². The molecule has 0 spiro atoms. The first kappa shape index (κ1) is 26.8. The number of thiazole rings is 1. The van der Waals surface area contributed by atoms with Crippen molar-refractivity contribution in [1.82, 2.24) is 9.88 Å². The fraction of sp³-hybridized carbons (Fsp3) is 0.462. The van der Waals surface area contributed by atoms with Crippen molar-refractivity contribution in [3.05, 3.63) is 56.6 Å². The minimum Gasteiger partial charge on any atom is -0.379 e. The van der Waals surface area contributed by atoms with Crippen molar-refractivity contribution in [2.24, 2.45) is 0 Å². The molecule has 1 amide bonds. The molecule has 0 atom stereocenters. The van der Waals surface area contributed by atoms with E-state index in [4.69, 9.17) is 26.1 Å². The van der Waals surface area contributed by atoms with Crippen molar-refractivity contribution in [1.29, 1.82) is 0 Å². The molecule has 38 heavy (non-hydrogen) atoms. The molecule has 0 unspecified atom stereocenters. The zero-order chi connectivity index (χ0) is 26.6. The number of nitro benzene ring substituents is 1. The summed E-state index contributed by atoms with van der Waals surface area (Å²) in [4.78, 5) is 36.1. The molecule has 10 nitrogen and oxygen atoms in total. The van der Waals surface area contributed by atoms with Gasteiger partial charge in [0.15, 0.2) is 5.13 Å². The highest BCUT2D eigenvalue weighted by Gasteiger charge is 2.27. The predicted octanol–water partition coefficient (Wildman–Crippen LogP) is 4.37. The Labute approximate surface area is 229 Å². The average molecular weight is 560 g/mol. The molecule has 0 radical (unpaired) electrons. The van der Waals surface area contributed by atoms with Crippen LogP contribution in [-0.2, 0) is 9.47 Å². The third-order valence-electron chi connectivity index (χ3n) is 6.89. The Bertz CT molecular complexity index is 1280. The van der Waals surface area contributed by atoms with E-state index in [1.54, 1.807) is 17.0 Å². The van der Waals surface area contributed by atoms with Gasteiger partial charge in [0, 0.05) is 50.9 Å². The fourth-order valence-electron chi connectivity index (χ4n) is 4.80. The van der Waals surface area contributed by atoms with Gasteiger partial charge in [-0.15, -0.1) is 0 Å². The SMILES string of the molecule is Cc1ccc(Cl)c2sc(N(CCCN3CCOCC3)C(=O)c3ccc(N4CCOCC4)c([N+](=O)[O-])c3)nc12. The molecule has 2 aliphatic heterocycles. The van der Waals surface area contributed by atoms with Gasteiger partial charge in [-0.1, -0.05) is 29.0 Å². The van der Waals surface area contributed by atoms with Gasteiger partial charge in [-0.3, -0.25) is 24.7 Å². The molecule has 0 bridgehead atoms. The highest BCUT2D eigenvalue weighted by Crippen LogP contribution is 2.37. The van der Waals surface area contributed by atoms with Crippen LogP contribution in [0.3, 0.4) is 0 Å². The van der Waals surface area contributed by atoms with E-state index in [9.17, 15) is 14.9 Å². The van der Waals surface area contributed by atoms with E-state index in [1.807, 2.05) is 24.0 Å². The van der Waals surface area contributed by atoms with Crippen LogP contribution in [0.15, 0.2) is 30.3 Å². The number of hydrogen-bond acceptors (Lipinski definition) is 9. The number of halogens is 1. The largest absolute Gasteiger partial charge is 0.379 e. The number of carbonyl (C=O) groups is 1. The summed E-state index contributed by atoms with van der Waals surface area (Å²) in [6.07, 6.45) is 0.725. The van der Waals surface area contributed by atoms with Gasteiger partial charge in [0.25, 0.3) is 11.6 Å². The smallest absolute Gasteiger partial charge is 0.293 e. The zero-order valence-corrected chi connectivity index (χ0v) is 22.8. The second-order valence-corrected chi connectivity index (χ2v) is 10.7. The van der Waals surface area contributed by atoms with Gasteiger partial charge in [-0.2, -0.15) is 0 Å². The normalized spacial score (nSPS) is 16.6. The molecule has 1 aromatic heterocycles. The van der Waals surface area contributed by atoms with Crippen LogP contribution < -0.4 is 9.80 Å². The highest BCUT2D eigenvalue weighted by atomic mass is 35.5. The van der Waals surface area contributed by atoms with Crippen molar-refractivity contribution >= 4 is 55.6 Å². The van der Waals surface area contributed by atoms with Crippen LogP contribution in [0.5, 0.6) is 0 Å². The monoisotopic (exact) mass is 559 g/mol. The third-order valence-corrected chi connectivity index (χ3v) is 8.43. The van der Waals surface area contributed by atoms with Gasteiger partial charge in [-0.05, 0) is 37.1 Å². The number of fused-ring (bicyclic) bond motifs is 1. The van der Waals surface area contributed by atoms with Crippen molar-refractivity contribution in [3.63, 3.8) is 0 Å². The molecule has 2 aliphatic rings. The van der Waals surface area contributed by atoms with Gasteiger partial charge >= 0.3 is 0 Å². The van der Waals surface area contributed by atoms with E-state index in [1.165, 1.54) is 17.4 Å². The Hall–Kier alpha value is -2.83.